The molecule has 1 saturated heterocycles. The van der Waals surface area contributed by atoms with Crippen LogP contribution in [0.1, 0.15) is 48.9 Å². The molecule has 1 heterocycles. The van der Waals surface area contributed by atoms with E-state index < -0.39 is 23.7 Å². The van der Waals surface area contributed by atoms with Crippen LogP contribution >= 0.6 is 11.6 Å². The molecule has 0 saturated carbocycles. The van der Waals surface area contributed by atoms with E-state index in [-0.39, 0.29) is 24.3 Å². The highest BCUT2D eigenvalue weighted by Gasteiger charge is 2.46. The first-order valence-corrected chi connectivity index (χ1v) is 9.94. The summed E-state index contributed by atoms with van der Waals surface area (Å²) in [6.07, 6.45) is -0.311. The lowest BCUT2D eigenvalue weighted by atomic mass is 9.93. The van der Waals surface area contributed by atoms with Crippen LogP contribution in [0.25, 0.3) is 5.76 Å². The molecule has 0 bridgehead atoms. The van der Waals surface area contributed by atoms with Crippen molar-refractivity contribution in [2.24, 2.45) is 0 Å². The number of amides is 1. The Bertz CT molecular complexity index is 1010. The third-order valence-corrected chi connectivity index (χ3v) is 5.40. The molecule has 0 unspecified atom stereocenters. The Kier molecular flexibility index (Phi) is 6.27. The number of likely N-dealkylation sites (tertiary alicyclic amines) is 1. The first-order valence-electron chi connectivity index (χ1n) is 9.56. The molecule has 2 aromatic rings. The molecule has 6 nitrogen and oxygen atoms in total. The van der Waals surface area contributed by atoms with Gasteiger partial charge in [0.2, 0.25) is 0 Å². The monoisotopic (exact) mass is 427 g/mol. The standard InChI is InChI=1S/C23H22ClNO5/c1-13(2)14-3-5-15(6-4-14)20-19(21(28)16-7-9-17(24)10-8-16)22(29)23(30)25(20)12-11-18(26)27/h3-10,13,20,28H,11-12H2,1-2H3,(H,26,27)/t20-/m1/s1. The fourth-order valence-corrected chi connectivity index (χ4v) is 3.63. The number of rotatable bonds is 6. The zero-order valence-electron chi connectivity index (χ0n) is 16.6. The van der Waals surface area contributed by atoms with Crippen LogP contribution in [0.15, 0.2) is 54.1 Å². The number of aliphatic hydroxyl groups excluding tert-OH is 1. The van der Waals surface area contributed by atoms with Gasteiger partial charge in [0, 0.05) is 17.1 Å². The maximum absolute atomic E-state index is 12.8. The molecule has 30 heavy (non-hydrogen) atoms. The normalized spacial score (nSPS) is 18.3. The Morgan fingerprint density at radius 2 is 1.63 bits per heavy atom. The molecule has 0 aromatic heterocycles. The number of carboxylic acids is 1. The van der Waals surface area contributed by atoms with Crippen molar-refractivity contribution in [3.63, 3.8) is 0 Å². The van der Waals surface area contributed by atoms with Crippen LogP contribution in [0.2, 0.25) is 5.02 Å². The molecule has 156 valence electrons. The average molecular weight is 428 g/mol. The van der Waals surface area contributed by atoms with Gasteiger partial charge in [0.1, 0.15) is 5.76 Å². The molecule has 1 fully saturated rings. The van der Waals surface area contributed by atoms with E-state index in [1.807, 2.05) is 12.1 Å². The van der Waals surface area contributed by atoms with Crippen LogP contribution in [0.3, 0.4) is 0 Å². The van der Waals surface area contributed by atoms with Gasteiger partial charge in [-0.15, -0.1) is 0 Å². The predicted octanol–water partition coefficient (Wildman–Crippen LogP) is 4.36. The van der Waals surface area contributed by atoms with Crippen LogP contribution in [-0.4, -0.2) is 39.3 Å². The van der Waals surface area contributed by atoms with Crippen molar-refractivity contribution in [1.29, 1.82) is 0 Å². The number of benzene rings is 2. The second-order valence-corrected chi connectivity index (χ2v) is 7.90. The summed E-state index contributed by atoms with van der Waals surface area (Å²) in [4.78, 5) is 37.8. The van der Waals surface area contributed by atoms with E-state index in [4.69, 9.17) is 16.7 Å². The second kappa shape index (κ2) is 8.71. The summed E-state index contributed by atoms with van der Waals surface area (Å²) in [6.45, 7) is 3.96. The largest absolute Gasteiger partial charge is 0.507 e. The first kappa shape index (κ1) is 21.6. The van der Waals surface area contributed by atoms with Gasteiger partial charge < -0.3 is 15.1 Å². The summed E-state index contributed by atoms with van der Waals surface area (Å²) in [5.74, 6) is -2.77. The van der Waals surface area contributed by atoms with Crippen molar-refractivity contribution in [3.05, 3.63) is 75.8 Å². The molecular formula is C23H22ClNO5. The van der Waals surface area contributed by atoms with E-state index >= 15 is 0 Å². The summed E-state index contributed by atoms with van der Waals surface area (Å²) < 4.78 is 0. The SMILES string of the molecule is CC(C)c1ccc([C@@H]2C(=C(O)c3ccc(Cl)cc3)C(=O)C(=O)N2CCC(=O)O)cc1. The fourth-order valence-electron chi connectivity index (χ4n) is 3.50. The van der Waals surface area contributed by atoms with Crippen molar-refractivity contribution in [2.75, 3.05) is 6.54 Å². The lowest BCUT2D eigenvalue weighted by Gasteiger charge is -2.25. The molecule has 2 N–H and O–H groups in total. The quantitative estimate of drug-likeness (QED) is 0.405. The van der Waals surface area contributed by atoms with Gasteiger partial charge in [-0.3, -0.25) is 14.4 Å². The van der Waals surface area contributed by atoms with Gasteiger partial charge in [-0.1, -0.05) is 49.7 Å². The molecule has 2 aromatic carbocycles. The maximum atomic E-state index is 12.8. The lowest BCUT2D eigenvalue weighted by Crippen LogP contribution is -2.31. The number of aliphatic carboxylic acids is 1. The van der Waals surface area contributed by atoms with E-state index in [1.165, 1.54) is 4.90 Å². The average Bonchev–Trinajstić information content (AvgIpc) is 2.97. The molecule has 1 aliphatic heterocycles. The highest BCUT2D eigenvalue weighted by atomic mass is 35.5. The molecule has 0 aliphatic carbocycles. The highest BCUT2D eigenvalue weighted by Crippen LogP contribution is 2.39. The Labute approximate surface area is 179 Å². The summed E-state index contributed by atoms with van der Waals surface area (Å²) in [5.41, 5.74) is 1.99. The Morgan fingerprint density at radius 1 is 1.03 bits per heavy atom. The fraction of sp³-hybridized carbons (Fsp3) is 0.261. The minimum atomic E-state index is -1.08. The first-order chi connectivity index (χ1) is 14.2. The number of carbonyl (C=O) groups is 3. The molecule has 0 radical (unpaired) electrons. The van der Waals surface area contributed by atoms with Gasteiger partial charge in [0.05, 0.1) is 18.0 Å². The van der Waals surface area contributed by atoms with Gasteiger partial charge in [-0.25, -0.2) is 0 Å². The zero-order valence-corrected chi connectivity index (χ0v) is 17.4. The lowest BCUT2D eigenvalue weighted by molar-refractivity contribution is -0.142. The van der Waals surface area contributed by atoms with Crippen molar-refractivity contribution >= 4 is 35.0 Å². The maximum Gasteiger partial charge on any atom is 0.305 e. The van der Waals surface area contributed by atoms with Gasteiger partial charge in [-0.2, -0.15) is 0 Å². The number of aliphatic hydroxyl groups is 1. The Balaban J connectivity index is 2.13. The summed E-state index contributed by atoms with van der Waals surface area (Å²) >= 11 is 5.90. The number of halogens is 1. The van der Waals surface area contributed by atoms with Gasteiger partial charge in [0.15, 0.2) is 0 Å². The molecule has 1 atom stereocenters. The third-order valence-electron chi connectivity index (χ3n) is 5.14. The Hall–Kier alpha value is -3.12. The van der Waals surface area contributed by atoms with Crippen molar-refractivity contribution in [1.82, 2.24) is 4.90 Å². The number of ketones is 1. The van der Waals surface area contributed by atoms with Crippen molar-refractivity contribution in [3.8, 4) is 0 Å². The predicted molar refractivity (Wildman–Crippen MR) is 113 cm³/mol. The van der Waals surface area contributed by atoms with E-state index in [1.54, 1.807) is 36.4 Å². The molecule has 0 spiro atoms. The molecule has 1 amide bonds. The van der Waals surface area contributed by atoms with Crippen molar-refractivity contribution < 1.29 is 24.6 Å². The van der Waals surface area contributed by atoms with Gasteiger partial charge in [-0.05, 0) is 41.3 Å². The number of Topliss-reactive ketones (excluding diaryl/α,β-unsaturated/α-hetero) is 1. The number of carboxylic acid groups (broad SMARTS) is 1. The smallest absolute Gasteiger partial charge is 0.305 e. The second-order valence-electron chi connectivity index (χ2n) is 7.46. The number of hydrogen-bond acceptors (Lipinski definition) is 4. The third kappa shape index (κ3) is 4.24. The topological polar surface area (TPSA) is 94.9 Å². The summed E-state index contributed by atoms with van der Waals surface area (Å²) in [7, 11) is 0. The highest BCUT2D eigenvalue weighted by molar-refractivity contribution is 6.46. The molecule has 1 aliphatic rings. The van der Waals surface area contributed by atoms with Crippen molar-refractivity contribution in [2.45, 2.75) is 32.2 Å². The van der Waals surface area contributed by atoms with Crippen LogP contribution in [0.5, 0.6) is 0 Å². The summed E-state index contributed by atoms with van der Waals surface area (Å²) in [5, 5.41) is 20.4. The van der Waals surface area contributed by atoms with E-state index in [0.29, 0.717) is 22.1 Å². The molecule has 3 rings (SSSR count). The van der Waals surface area contributed by atoms with Gasteiger partial charge in [0.25, 0.3) is 11.7 Å². The summed E-state index contributed by atoms with van der Waals surface area (Å²) in [6, 6.07) is 12.8. The van der Waals surface area contributed by atoms with E-state index in [9.17, 15) is 19.5 Å². The zero-order chi connectivity index (χ0) is 22.0. The molecule has 7 heteroatoms. The van der Waals surface area contributed by atoms with E-state index in [2.05, 4.69) is 13.8 Å². The molecular weight excluding hydrogens is 406 g/mol. The minimum absolute atomic E-state index is 0.0648. The van der Waals surface area contributed by atoms with E-state index in [0.717, 1.165) is 5.56 Å². The minimum Gasteiger partial charge on any atom is -0.507 e. The van der Waals surface area contributed by atoms with Crippen LogP contribution in [-0.2, 0) is 14.4 Å². The van der Waals surface area contributed by atoms with Gasteiger partial charge >= 0.3 is 5.97 Å². The van der Waals surface area contributed by atoms with Crippen LogP contribution in [0, 0.1) is 0 Å². The number of nitrogens with zero attached hydrogens (tertiary/aromatic N) is 1. The van der Waals surface area contributed by atoms with Crippen LogP contribution < -0.4 is 0 Å². The number of carbonyl (C=O) groups excluding carboxylic acids is 2. The Morgan fingerprint density at radius 3 is 2.17 bits per heavy atom. The van der Waals surface area contributed by atoms with Crippen LogP contribution in [0.4, 0.5) is 0 Å². The number of hydrogen-bond donors (Lipinski definition) is 2.